The van der Waals surface area contributed by atoms with Gasteiger partial charge < -0.3 is 19.7 Å². The van der Waals surface area contributed by atoms with Crippen molar-refractivity contribution in [2.75, 3.05) is 33.3 Å². The van der Waals surface area contributed by atoms with E-state index in [0.29, 0.717) is 11.5 Å². The van der Waals surface area contributed by atoms with Crippen LogP contribution in [0, 0.1) is 0 Å². The van der Waals surface area contributed by atoms with Gasteiger partial charge in [0.2, 0.25) is 0 Å². The summed E-state index contributed by atoms with van der Waals surface area (Å²) in [6, 6.07) is 7.37. The molecule has 1 amide bonds. The molecular weight excluding hydrogens is 256 g/mol. The van der Waals surface area contributed by atoms with Crippen LogP contribution < -0.4 is 14.8 Å². The maximum Gasteiger partial charge on any atom is 0.263 e. The van der Waals surface area contributed by atoms with Gasteiger partial charge in [0, 0.05) is 19.6 Å². The quantitative estimate of drug-likeness (QED) is 0.901. The first-order valence-electron chi connectivity index (χ1n) is 7.01. The largest absolute Gasteiger partial charge is 0.493 e. The third-order valence-corrected chi connectivity index (χ3v) is 3.37. The minimum absolute atomic E-state index is 0.0274. The van der Waals surface area contributed by atoms with E-state index in [1.54, 1.807) is 14.0 Å². The van der Waals surface area contributed by atoms with Gasteiger partial charge in [-0.2, -0.15) is 0 Å². The smallest absolute Gasteiger partial charge is 0.263 e. The highest BCUT2D eigenvalue weighted by atomic mass is 16.5. The molecule has 2 rings (SSSR count). The van der Waals surface area contributed by atoms with E-state index in [0.717, 1.165) is 32.6 Å². The van der Waals surface area contributed by atoms with Crippen molar-refractivity contribution in [2.45, 2.75) is 19.4 Å². The summed E-state index contributed by atoms with van der Waals surface area (Å²) in [6.07, 6.45) is 0.469. The van der Waals surface area contributed by atoms with Gasteiger partial charge in [-0.05, 0) is 32.0 Å². The lowest BCUT2D eigenvalue weighted by atomic mass is 10.3. The zero-order chi connectivity index (χ0) is 14.4. The van der Waals surface area contributed by atoms with Gasteiger partial charge in [-0.15, -0.1) is 0 Å². The van der Waals surface area contributed by atoms with Crippen LogP contribution in [0.3, 0.4) is 0 Å². The number of ether oxygens (including phenoxy) is 2. The number of nitrogens with zero attached hydrogens (tertiary/aromatic N) is 1. The monoisotopic (exact) mass is 278 g/mol. The summed E-state index contributed by atoms with van der Waals surface area (Å²) in [4.78, 5) is 14.2. The fourth-order valence-electron chi connectivity index (χ4n) is 2.28. The average molecular weight is 278 g/mol. The van der Waals surface area contributed by atoms with Crippen LogP contribution in [0.4, 0.5) is 0 Å². The lowest BCUT2D eigenvalue weighted by Crippen LogP contribution is -2.42. The summed E-state index contributed by atoms with van der Waals surface area (Å²) in [5.74, 6) is 1.27. The van der Waals surface area contributed by atoms with Crippen molar-refractivity contribution in [3.63, 3.8) is 0 Å². The molecule has 1 aliphatic rings. The third kappa shape index (κ3) is 3.63. The van der Waals surface area contributed by atoms with Crippen molar-refractivity contribution in [1.82, 2.24) is 10.2 Å². The average Bonchev–Trinajstić information content (AvgIpc) is 2.76. The molecule has 0 radical (unpaired) electrons. The van der Waals surface area contributed by atoms with Gasteiger partial charge in [0.25, 0.3) is 5.91 Å². The van der Waals surface area contributed by atoms with Gasteiger partial charge in [0.05, 0.1) is 7.11 Å². The summed E-state index contributed by atoms with van der Waals surface area (Å²) >= 11 is 0. The number of methoxy groups -OCH3 is 1. The Hall–Kier alpha value is -1.75. The number of amides is 1. The van der Waals surface area contributed by atoms with Gasteiger partial charge in [-0.25, -0.2) is 0 Å². The number of carbonyl (C=O) groups excluding carboxylic acids is 1. The van der Waals surface area contributed by atoms with Crippen LogP contribution >= 0.6 is 0 Å². The van der Waals surface area contributed by atoms with E-state index in [2.05, 4.69) is 5.32 Å². The van der Waals surface area contributed by atoms with Crippen molar-refractivity contribution in [3.05, 3.63) is 24.3 Å². The van der Waals surface area contributed by atoms with Crippen LogP contribution in [0.5, 0.6) is 11.5 Å². The zero-order valence-electron chi connectivity index (χ0n) is 12.1. The van der Waals surface area contributed by atoms with Crippen molar-refractivity contribution < 1.29 is 14.3 Å². The molecule has 1 aliphatic heterocycles. The third-order valence-electron chi connectivity index (χ3n) is 3.37. The molecule has 0 aliphatic carbocycles. The first-order valence-corrected chi connectivity index (χ1v) is 7.01. The maximum absolute atomic E-state index is 12.4. The second-order valence-corrected chi connectivity index (χ2v) is 4.84. The van der Waals surface area contributed by atoms with E-state index in [1.165, 1.54) is 0 Å². The number of hydrogen-bond acceptors (Lipinski definition) is 4. The van der Waals surface area contributed by atoms with Crippen molar-refractivity contribution in [2.24, 2.45) is 0 Å². The Balaban J connectivity index is 1.99. The maximum atomic E-state index is 12.4. The zero-order valence-corrected chi connectivity index (χ0v) is 12.1. The Kier molecular flexibility index (Phi) is 5.24. The first-order chi connectivity index (χ1) is 9.72. The second-order valence-electron chi connectivity index (χ2n) is 4.84. The summed E-state index contributed by atoms with van der Waals surface area (Å²) in [7, 11) is 1.59. The number of para-hydroxylation sites is 2. The van der Waals surface area contributed by atoms with Crippen LogP contribution in [0.1, 0.15) is 13.3 Å². The molecule has 1 saturated heterocycles. The van der Waals surface area contributed by atoms with Gasteiger partial charge in [0.1, 0.15) is 0 Å². The fraction of sp³-hybridized carbons (Fsp3) is 0.533. The molecule has 1 unspecified atom stereocenters. The van der Waals surface area contributed by atoms with Gasteiger partial charge in [-0.3, -0.25) is 4.79 Å². The van der Waals surface area contributed by atoms with Crippen LogP contribution in [0.15, 0.2) is 24.3 Å². The predicted molar refractivity (Wildman–Crippen MR) is 77.2 cm³/mol. The normalized spacial score (nSPS) is 17.2. The van der Waals surface area contributed by atoms with Crippen LogP contribution in [0.25, 0.3) is 0 Å². The summed E-state index contributed by atoms with van der Waals surface area (Å²) in [5, 5.41) is 3.28. The molecule has 0 saturated carbocycles. The standard InChI is InChI=1S/C15H22N2O3/c1-12(15(18)17-10-5-8-16-9-11-17)20-14-7-4-3-6-13(14)19-2/h3-4,6-7,12,16H,5,8-11H2,1-2H3. The molecule has 1 fully saturated rings. The van der Waals surface area contributed by atoms with Crippen molar-refractivity contribution >= 4 is 5.91 Å². The first kappa shape index (κ1) is 14.7. The molecule has 1 aromatic rings. The Morgan fingerprint density at radius 2 is 2.00 bits per heavy atom. The van der Waals surface area contributed by atoms with Crippen molar-refractivity contribution in [3.8, 4) is 11.5 Å². The molecule has 0 spiro atoms. The molecule has 1 aromatic carbocycles. The Morgan fingerprint density at radius 3 is 2.75 bits per heavy atom. The number of hydrogen-bond donors (Lipinski definition) is 1. The predicted octanol–water partition coefficient (Wildman–Crippen LogP) is 1.28. The number of rotatable bonds is 4. The number of benzene rings is 1. The van der Waals surface area contributed by atoms with Crippen LogP contribution in [-0.4, -0.2) is 50.2 Å². The summed E-state index contributed by atoms with van der Waals surface area (Å²) in [5.41, 5.74) is 0. The van der Waals surface area contributed by atoms with E-state index in [9.17, 15) is 4.79 Å². The fourth-order valence-corrected chi connectivity index (χ4v) is 2.28. The summed E-state index contributed by atoms with van der Waals surface area (Å²) in [6.45, 7) is 5.11. The Bertz CT molecular complexity index is 442. The van der Waals surface area contributed by atoms with Crippen LogP contribution in [0.2, 0.25) is 0 Å². The molecule has 5 heteroatoms. The van der Waals surface area contributed by atoms with E-state index in [1.807, 2.05) is 29.2 Å². The Labute approximate surface area is 119 Å². The van der Waals surface area contributed by atoms with E-state index >= 15 is 0 Å². The van der Waals surface area contributed by atoms with Gasteiger partial charge in [-0.1, -0.05) is 12.1 Å². The summed E-state index contributed by atoms with van der Waals surface area (Å²) < 4.78 is 11.0. The van der Waals surface area contributed by atoms with E-state index in [-0.39, 0.29) is 5.91 Å². The van der Waals surface area contributed by atoms with E-state index < -0.39 is 6.10 Å². The van der Waals surface area contributed by atoms with E-state index in [4.69, 9.17) is 9.47 Å². The molecule has 1 heterocycles. The molecule has 20 heavy (non-hydrogen) atoms. The molecule has 110 valence electrons. The van der Waals surface area contributed by atoms with Crippen molar-refractivity contribution in [1.29, 1.82) is 0 Å². The topological polar surface area (TPSA) is 50.8 Å². The molecule has 0 aromatic heterocycles. The molecule has 0 bridgehead atoms. The second kappa shape index (κ2) is 7.14. The highest BCUT2D eigenvalue weighted by Gasteiger charge is 2.23. The van der Waals surface area contributed by atoms with Gasteiger partial charge in [0.15, 0.2) is 17.6 Å². The number of nitrogens with one attached hydrogen (secondary N) is 1. The molecular formula is C15H22N2O3. The minimum atomic E-state index is -0.510. The highest BCUT2D eigenvalue weighted by molar-refractivity contribution is 5.81. The molecule has 1 atom stereocenters. The highest BCUT2D eigenvalue weighted by Crippen LogP contribution is 2.27. The lowest BCUT2D eigenvalue weighted by molar-refractivity contribution is -0.137. The molecule has 5 nitrogen and oxygen atoms in total. The molecule has 1 N–H and O–H groups in total. The van der Waals surface area contributed by atoms with Gasteiger partial charge >= 0.3 is 0 Å². The lowest BCUT2D eigenvalue weighted by Gasteiger charge is -2.24. The SMILES string of the molecule is COc1ccccc1OC(C)C(=O)N1CCCNCC1. The van der Waals surface area contributed by atoms with Crippen LogP contribution in [-0.2, 0) is 4.79 Å². The Morgan fingerprint density at radius 1 is 1.25 bits per heavy atom. The number of carbonyl (C=O) groups is 1. The minimum Gasteiger partial charge on any atom is -0.493 e.